The molecule has 32 heavy (non-hydrogen) atoms. The second-order valence-corrected chi connectivity index (χ2v) is 11.2. The van der Waals surface area contributed by atoms with Gasteiger partial charge >= 0.3 is 0 Å². The lowest BCUT2D eigenvalue weighted by Crippen LogP contribution is -2.35. The Morgan fingerprint density at radius 3 is 2.72 bits per heavy atom. The van der Waals surface area contributed by atoms with Gasteiger partial charge in [0.15, 0.2) is 10.3 Å². The summed E-state index contributed by atoms with van der Waals surface area (Å²) in [6.45, 7) is 2.32. The SMILES string of the molecule is COc1ccc(-c2nc(NC(=O)c3ccc4c(c3)SC3=NS(=O)(=O)CCN34)sc2C)cc1. The van der Waals surface area contributed by atoms with Crippen LogP contribution in [-0.4, -0.2) is 43.9 Å². The summed E-state index contributed by atoms with van der Waals surface area (Å²) in [6.07, 6.45) is 0. The number of ether oxygens (including phenoxy) is 1. The number of hydrogen-bond acceptors (Lipinski definition) is 8. The van der Waals surface area contributed by atoms with Crippen LogP contribution in [-0.2, 0) is 10.0 Å². The van der Waals surface area contributed by atoms with Gasteiger partial charge < -0.3 is 9.64 Å². The zero-order chi connectivity index (χ0) is 22.5. The van der Waals surface area contributed by atoms with Crippen LogP contribution < -0.4 is 15.0 Å². The number of amides is 1. The zero-order valence-electron chi connectivity index (χ0n) is 17.2. The minimum atomic E-state index is -3.42. The predicted molar refractivity (Wildman–Crippen MR) is 128 cm³/mol. The standard InChI is InChI=1S/C21H18N4O4S3/c1-12-18(13-3-6-15(29-2)7-4-13)22-20(30-12)23-19(26)14-5-8-16-17(11-14)31-21-24-32(27,28)10-9-25(16)21/h3-8,11H,9-10H2,1-2H3,(H,22,23,26). The molecule has 164 valence electrons. The fourth-order valence-corrected chi connectivity index (χ4v) is 6.63. The molecule has 0 aliphatic carbocycles. The molecule has 0 bridgehead atoms. The Balaban J connectivity index is 1.36. The molecule has 0 saturated heterocycles. The van der Waals surface area contributed by atoms with Crippen molar-refractivity contribution in [2.75, 3.05) is 29.6 Å². The van der Waals surface area contributed by atoms with E-state index in [1.807, 2.05) is 42.2 Å². The summed E-state index contributed by atoms with van der Waals surface area (Å²) in [4.78, 5) is 21.1. The van der Waals surface area contributed by atoms with Crippen molar-refractivity contribution < 1.29 is 17.9 Å². The molecule has 0 saturated carbocycles. The number of aryl methyl sites for hydroxylation is 1. The number of amidine groups is 1. The van der Waals surface area contributed by atoms with Gasteiger partial charge in [-0.3, -0.25) is 10.1 Å². The van der Waals surface area contributed by atoms with Crippen LogP contribution in [0, 0.1) is 6.92 Å². The maximum atomic E-state index is 12.9. The number of thioether (sulfide) groups is 1. The first kappa shape index (κ1) is 21.0. The molecule has 0 fully saturated rings. The van der Waals surface area contributed by atoms with Gasteiger partial charge in [0.25, 0.3) is 15.9 Å². The van der Waals surface area contributed by atoms with E-state index in [0.717, 1.165) is 32.5 Å². The van der Waals surface area contributed by atoms with Gasteiger partial charge in [-0.15, -0.1) is 15.7 Å². The number of rotatable bonds is 4. The summed E-state index contributed by atoms with van der Waals surface area (Å²) in [5.74, 6) is 0.478. The summed E-state index contributed by atoms with van der Waals surface area (Å²) >= 11 is 2.67. The Kier molecular flexibility index (Phi) is 5.19. The smallest absolute Gasteiger partial charge is 0.257 e. The summed E-state index contributed by atoms with van der Waals surface area (Å²) < 4.78 is 32.6. The normalized spacial score (nSPS) is 16.2. The molecule has 1 amide bonds. The van der Waals surface area contributed by atoms with Gasteiger partial charge in [-0.05, 0) is 61.2 Å². The van der Waals surface area contributed by atoms with E-state index in [-0.39, 0.29) is 11.7 Å². The molecule has 1 aromatic heterocycles. The fraction of sp³-hybridized carbons (Fsp3) is 0.190. The molecule has 3 heterocycles. The topological polar surface area (TPSA) is 101 Å². The van der Waals surface area contributed by atoms with Crippen LogP contribution in [0.2, 0.25) is 0 Å². The van der Waals surface area contributed by atoms with Gasteiger partial charge in [-0.25, -0.2) is 13.4 Å². The number of methoxy groups -OCH3 is 1. The Labute approximate surface area is 193 Å². The molecule has 0 spiro atoms. The predicted octanol–water partition coefficient (Wildman–Crippen LogP) is 3.99. The van der Waals surface area contributed by atoms with Crippen molar-refractivity contribution in [1.29, 1.82) is 0 Å². The van der Waals surface area contributed by atoms with E-state index in [9.17, 15) is 13.2 Å². The lowest BCUT2D eigenvalue weighted by Gasteiger charge is -2.22. The number of nitrogens with one attached hydrogen (secondary N) is 1. The quantitative estimate of drug-likeness (QED) is 0.595. The lowest BCUT2D eigenvalue weighted by atomic mass is 10.1. The van der Waals surface area contributed by atoms with Crippen molar-refractivity contribution in [3.05, 3.63) is 52.9 Å². The number of hydrogen-bond donors (Lipinski definition) is 1. The fourth-order valence-electron chi connectivity index (χ4n) is 3.51. The maximum Gasteiger partial charge on any atom is 0.257 e. The Hall–Kier alpha value is -2.89. The number of carbonyl (C=O) groups excluding carboxylic acids is 1. The average Bonchev–Trinajstić information content (AvgIpc) is 3.31. The van der Waals surface area contributed by atoms with E-state index < -0.39 is 10.0 Å². The van der Waals surface area contributed by atoms with Gasteiger partial charge in [0.05, 0.1) is 24.2 Å². The van der Waals surface area contributed by atoms with Crippen molar-refractivity contribution in [2.45, 2.75) is 11.8 Å². The summed E-state index contributed by atoms with van der Waals surface area (Å²) in [5.41, 5.74) is 3.10. The number of sulfonamides is 1. The molecule has 0 unspecified atom stereocenters. The van der Waals surface area contributed by atoms with Crippen molar-refractivity contribution in [2.24, 2.45) is 4.40 Å². The highest BCUT2D eigenvalue weighted by molar-refractivity contribution is 8.15. The highest BCUT2D eigenvalue weighted by Gasteiger charge is 2.33. The number of fused-ring (bicyclic) bond motifs is 3. The molecule has 0 atom stereocenters. The number of benzene rings is 2. The van der Waals surface area contributed by atoms with E-state index in [1.54, 1.807) is 19.2 Å². The molecule has 5 rings (SSSR count). The van der Waals surface area contributed by atoms with Crippen LogP contribution in [0.1, 0.15) is 15.2 Å². The zero-order valence-corrected chi connectivity index (χ0v) is 19.6. The molecule has 8 nitrogen and oxygen atoms in total. The average molecular weight is 487 g/mol. The number of nitrogens with zero attached hydrogens (tertiary/aromatic N) is 3. The molecule has 2 aliphatic rings. The second kappa shape index (κ2) is 7.91. The van der Waals surface area contributed by atoms with Crippen molar-refractivity contribution in [1.82, 2.24) is 4.98 Å². The monoisotopic (exact) mass is 486 g/mol. The van der Waals surface area contributed by atoms with Crippen LogP contribution >= 0.6 is 23.1 Å². The van der Waals surface area contributed by atoms with E-state index in [0.29, 0.717) is 22.4 Å². The molecule has 1 N–H and O–H groups in total. The lowest BCUT2D eigenvalue weighted by molar-refractivity contribution is 0.102. The van der Waals surface area contributed by atoms with Crippen molar-refractivity contribution in [3.8, 4) is 17.0 Å². The van der Waals surface area contributed by atoms with Gasteiger partial charge in [0, 0.05) is 27.4 Å². The van der Waals surface area contributed by atoms with Crippen LogP contribution in [0.15, 0.2) is 51.8 Å². The van der Waals surface area contributed by atoms with Crippen LogP contribution in [0.5, 0.6) is 5.75 Å². The first-order valence-corrected chi connectivity index (χ1v) is 12.9. The highest BCUT2D eigenvalue weighted by Crippen LogP contribution is 2.42. The van der Waals surface area contributed by atoms with Crippen LogP contribution in [0.25, 0.3) is 11.3 Å². The van der Waals surface area contributed by atoms with E-state index in [1.165, 1.54) is 23.1 Å². The summed E-state index contributed by atoms with van der Waals surface area (Å²) in [6, 6.07) is 12.9. The molecule has 2 aromatic carbocycles. The third-order valence-electron chi connectivity index (χ3n) is 5.12. The number of carbonyl (C=O) groups is 1. The number of anilines is 2. The Morgan fingerprint density at radius 1 is 1.19 bits per heavy atom. The Morgan fingerprint density at radius 2 is 1.97 bits per heavy atom. The molecule has 2 aliphatic heterocycles. The third-order valence-corrected chi connectivity index (χ3v) is 8.31. The van der Waals surface area contributed by atoms with Gasteiger partial charge in [0.2, 0.25) is 0 Å². The Bertz CT molecular complexity index is 1360. The summed E-state index contributed by atoms with van der Waals surface area (Å²) in [5, 5.41) is 3.82. The minimum Gasteiger partial charge on any atom is -0.497 e. The van der Waals surface area contributed by atoms with E-state index in [4.69, 9.17) is 4.74 Å². The summed E-state index contributed by atoms with van der Waals surface area (Å²) in [7, 11) is -1.80. The number of thiazole rings is 1. The third kappa shape index (κ3) is 3.87. The van der Waals surface area contributed by atoms with Crippen LogP contribution in [0.3, 0.4) is 0 Å². The minimum absolute atomic E-state index is 0.0152. The van der Waals surface area contributed by atoms with Crippen molar-refractivity contribution in [3.63, 3.8) is 0 Å². The molecule has 11 heteroatoms. The van der Waals surface area contributed by atoms with Gasteiger partial charge in [0.1, 0.15) is 5.75 Å². The first-order chi connectivity index (χ1) is 15.3. The molecule has 0 radical (unpaired) electrons. The molecular formula is C21H18N4O4S3. The number of aromatic nitrogens is 1. The van der Waals surface area contributed by atoms with E-state index in [2.05, 4.69) is 14.7 Å². The van der Waals surface area contributed by atoms with E-state index >= 15 is 0 Å². The first-order valence-electron chi connectivity index (χ1n) is 9.68. The molecule has 3 aromatic rings. The highest BCUT2D eigenvalue weighted by atomic mass is 32.2. The molecular weight excluding hydrogens is 468 g/mol. The van der Waals surface area contributed by atoms with Crippen molar-refractivity contribution >= 4 is 55.0 Å². The van der Waals surface area contributed by atoms with Gasteiger partial charge in [-0.2, -0.15) is 0 Å². The van der Waals surface area contributed by atoms with Gasteiger partial charge in [-0.1, -0.05) is 0 Å². The van der Waals surface area contributed by atoms with Crippen LogP contribution in [0.4, 0.5) is 10.8 Å². The largest absolute Gasteiger partial charge is 0.497 e. The second-order valence-electron chi connectivity index (χ2n) is 7.20. The maximum absolute atomic E-state index is 12.9.